The minimum Gasteiger partial charge on any atom is -0.460 e. The van der Waals surface area contributed by atoms with Crippen LogP contribution in [0.4, 0.5) is 4.39 Å². The van der Waals surface area contributed by atoms with Gasteiger partial charge in [-0.2, -0.15) is 0 Å². The Morgan fingerprint density at radius 2 is 1.90 bits per heavy atom. The zero-order valence-corrected chi connectivity index (χ0v) is 17.9. The summed E-state index contributed by atoms with van der Waals surface area (Å²) in [7, 11) is 0. The zero-order valence-electron chi connectivity index (χ0n) is 17.1. The molecule has 3 aromatic rings. The van der Waals surface area contributed by atoms with Crippen molar-refractivity contribution in [3.05, 3.63) is 82.4 Å². The Morgan fingerprint density at radius 3 is 2.65 bits per heavy atom. The number of rotatable bonds is 6. The van der Waals surface area contributed by atoms with E-state index < -0.39 is 18.1 Å². The van der Waals surface area contributed by atoms with Gasteiger partial charge in [0.2, 0.25) is 6.29 Å². The lowest BCUT2D eigenvalue weighted by Crippen LogP contribution is -2.20. The highest BCUT2D eigenvalue weighted by atomic mass is 32.2. The zero-order chi connectivity index (χ0) is 21.8. The van der Waals surface area contributed by atoms with Gasteiger partial charge in [-0.25, -0.2) is 14.4 Å². The highest BCUT2D eigenvalue weighted by Crippen LogP contribution is 2.36. The van der Waals surface area contributed by atoms with Crippen LogP contribution in [-0.2, 0) is 27.5 Å². The Kier molecular flexibility index (Phi) is 6.48. The molecule has 0 saturated heterocycles. The molecule has 1 atom stereocenters. The summed E-state index contributed by atoms with van der Waals surface area (Å²) in [6, 6.07) is 14.0. The SMILES string of the molecule is Cc1cc(C)nc(SCC(=O)OCc2cc(F)cc3c2OC(c2ccccc2)OC3)n1. The third-order valence-electron chi connectivity index (χ3n) is 4.56. The standard InChI is InChI=1S/C23H21FN2O4S/c1-14-8-15(2)26-23(25-14)31-13-20(27)28-11-17-9-19(24)10-18-12-29-22(30-21(17)18)16-6-4-3-5-7-16/h3-10,22H,11-13H2,1-2H3. The quantitative estimate of drug-likeness (QED) is 0.313. The third kappa shape index (κ3) is 5.39. The average Bonchev–Trinajstić information content (AvgIpc) is 2.75. The molecule has 8 heteroatoms. The molecule has 0 amide bonds. The molecular formula is C23H21FN2O4S. The predicted octanol–water partition coefficient (Wildman–Crippen LogP) is 4.68. The van der Waals surface area contributed by atoms with Crippen molar-refractivity contribution in [3.63, 3.8) is 0 Å². The van der Waals surface area contributed by atoms with E-state index in [1.54, 1.807) is 0 Å². The lowest BCUT2D eigenvalue weighted by atomic mass is 10.1. The summed E-state index contributed by atoms with van der Waals surface area (Å²) in [5.41, 5.74) is 3.56. The van der Waals surface area contributed by atoms with E-state index in [1.165, 1.54) is 23.9 Å². The molecule has 0 fully saturated rings. The number of aryl methyl sites for hydroxylation is 2. The number of esters is 1. The number of nitrogens with zero attached hydrogens (tertiary/aromatic N) is 2. The number of hydrogen-bond acceptors (Lipinski definition) is 7. The highest BCUT2D eigenvalue weighted by Gasteiger charge is 2.25. The number of thioether (sulfide) groups is 1. The number of benzene rings is 2. The summed E-state index contributed by atoms with van der Waals surface area (Å²) in [5, 5.41) is 0.517. The number of halogens is 1. The van der Waals surface area contributed by atoms with Crippen LogP contribution in [0.1, 0.15) is 34.4 Å². The van der Waals surface area contributed by atoms with Crippen molar-refractivity contribution in [1.82, 2.24) is 9.97 Å². The summed E-state index contributed by atoms with van der Waals surface area (Å²) in [4.78, 5) is 20.8. The predicted molar refractivity (Wildman–Crippen MR) is 113 cm³/mol. The van der Waals surface area contributed by atoms with Gasteiger partial charge in [0, 0.05) is 28.1 Å². The monoisotopic (exact) mass is 440 g/mol. The van der Waals surface area contributed by atoms with Crippen LogP contribution in [0.5, 0.6) is 5.75 Å². The fraction of sp³-hybridized carbons (Fsp3) is 0.261. The highest BCUT2D eigenvalue weighted by molar-refractivity contribution is 7.99. The Balaban J connectivity index is 1.42. The maximum Gasteiger partial charge on any atom is 0.316 e. The van der Waals surface area contributed by atoms with Crippen LogP contribution in [0.3, 0.4) is 0 Å². The van der Waals surface area contributed by atoms with Crippen molar-refractivity contribution < 1.29 is 23.4 Å². The van der Waals surface area contributed by atoms with Gasteiger partial charge >= 0.3 is 5.97 Å². The Hall–Kier alpha value is -2.97. The van der Waals surface area contributed by atoms with E-state index in [4.69, 9.17) is 14.2 Å². The van der Waals surface area contributed by atoms with E-state index in [2.05, 4.69) is 9.97 Å². The van der Waals surface area contributed by atoms with Crippen molar-refractivity contribution in [2.45, 2.75) is 38.5 Å². The summed E-state index contributed by atoms with van der Waals surface area (Å²) < 4.78 is 31.1. The molecule has 0 radical (unpaired) electrons. The van der Waals surface area contributed by atoms with Crippen LogP contribution in [0.15, 0.2) is 53.7 Å². The Bertz CT molecular complexity index is 1070. The maximum atomic E-state index is 14.1. The van der Waals surface area contributed by atoms with E-state index >= 15 is 0 Å². The van der Waals surface area contributed by atoms with Gasteiger partial charge in [0.1, 0.15) is 18.2 Å². The first kappa shape index (κ1) is 21.3. The van der Waals surface area contributed by atoms with E-state index in [0.717, 1.165) is 17.0 Å². The summed E-state index contributed by atoms with van der Waals surface area (Å²) in [5.74, 6) is -0.345. The molecule has 1 unspecified atom stereocenters. The molecule has 0 N–H and O–H groups in total. The molecular weight excluding hydrogens is 419 g/mol. The van der Waals surface area contributed by atoms with Gasteiger partial charge < -0.3 is 14.2 Å². The summed E-state index contributed by atoms with van der Waals surface area (Å²) in [6.45, 7) is 3.84. The number of carbonyl (C=O) groups is 1. The van der Waals surface area contributed by atoms with Crippen LogP contribution in [-0.4, -0.2) is 21.7 Å². The molecule has 1 aliphatic heterocycles. The topological polar surface area (TPSA) is 70.5 Å². The smallest absolute Gasteiger partial charge is 0.316 e. The van der Waals surface area contributed by atoms with Crippen LogP contribution < -0.4 is 4.74 Å². The molecule has 0 bridgehead atoms. The van der Waals surface area contributed by atoms with Crippen LogP contribution in [0.2, 0.25) is 0 Å². The molecule has 6 nitrogen and oxygen atoms in total. The lowest BCUT2D eigenvalue weighted by molar-refractivity contribution is -0.142. The van der Waals surface area contributed by atoms with Crippen molar-refractivity contribution in [2.75, 3.05) is 5.75 Å². The number of fused-ring (bicyclic) bond motifs is 1. The van der Waals surface area contributed by atoms with Gasteiger partial charge in [-0.15, -0.1) is 0 Å². The van der Waals surface area contributed by atoms with Crippen LogP contribution in [0, 0.1) is 19.7 Å². The molecule has 4 rings (SSSR count). The minimum atomic E-state index is -0.606. The van der Waals surface area contributed by atoms with Gasteiger partial charge in [0.25, 0.3) is 0 Å². The van der Waals surface area contributed by atoms with E-state index in [1.807, 2.05) is 50.2 Å². The van der Waals surface area contributed by atoms with Crippen molar-refractivity contribution in [1.29, 1.82) is 0 Å². The molecule has 0 aliphatic carbocycles. The molecule has 2 aromatic carbocycles. The van der Waals surface area contributed by atoms with Gasteiger partial charge in [-0.3, -0.25) is 4.79 Å². The lowest BCUT2D eigenvalue weighted by Gasteiger charge is -2.28. The number of hydrogen-bond donors (Lipinski definition) is 0. The van der Waals surface area contributed by atoms with Gasteiger partial charge in [0.05, 0.1) is 12.4 Å². The number of ether oxygens (including phenoxy) is 3. The van der Waals surface area contributed by atoms with Gasteiger partial charge in [0.15, 0.2) is 5.16 Å². The molecule has 1 aromatic heterocycles. The van der Waals surface area contributed by atoms with Gasteiger partial charge in [-0.05, 0) is 32.0 Å². The second kappa shape index (κ2) is 9.45. The Labute approximate surface area is 183 Å². The average molecular weight is 440 g/mol. The molecule has 0 saturated carbocycles. The number of carbonyl (C=O) groups excluding carboxylic acids is 1. The van der Waals surface area contributed by atoms with E-state index in [0.29, 0.717) is 22.0 Å². The summed E-state index contributed by atoms with van der Waals surface area (Å²) >= 11 is 1.20. The minimum absolute atomic E-state index is 0.0526. The molecule has 160 valence electrons. The van der Waals surface area contributed by atoms with Crippen LogP contribution >= 0.6 is 11.8 Å². The van der Waals surface area contributed by atoms with E-state index in [9.17, 15) is 9.18 Å². The normalized spacial score (nSPS) is 15.1. The third-order valence-corrected chi connectivity index (χ3v) is 5.38. The summed E-state index contributed by atoms with van der Waals surface area (Å²) in [6.07, 6.45) is -0.606. The van der Waals surface area contributed by atoms with E-state index in [-0.39, 0.29) is 19.0 Å². The maximum absolute atomic E-state index is 14.1. The second-order valence-corrected chi connectivity index (χ2v) is 8.05. The first-order valence-electron chi connectivity index (χ1n) is 9.73. The van der Waals surface area contributed by atoms with Crippen molar-refractivity contribution >= 4 is 17.7 Å². The Morgan fingerprint density at radius 1 is 1.16 bits per heavy atom. The largest absolute Gasteiger partial charge is 0.460 e. The van der Waals surface area contributed by atoms with Crippen LogP contribution in [0.25, 0.3) is 0 Å². The van der Waals surface area contributed by atoms with Crippen molar-refractivity contribution in [3.8, 4) is 5.75 Å². The molecule has 0 spiro atoms. The fourth-order valence-electron chi connectivity index (χ4n) is 3.24. The first-order chi connectivity index (χ1) is 15.0. The number of aromatic nitrogens is 2. The molecule has 2 heterocycles. The molecule has 31 heavy (non-hydrogen) atoms. The second-order valence-electron chi connectivity index (χ2n) is 7.11. The van der Waals surface area contributed by atoms with Crippen molar-refractivity contribution in [2.24, 2.45) is 0 Å². The van der Waals surface area contributed by atoms with Gasteiger partial charge in [-0.1, -0.05) is 42.1 Å². The fourth-order valence-corrected chi connectivity index (χ4v) is 3.99. The first-order valence-corrected chi connectivity index (χ1v) is 10.7. The molecule has 1 aliphatic rings.